The molecule has 1 aliphatic carbocycles. The fraction of sp³-hybridized carbons (Fsp3) is 0.750. The number of phosphoric ester groups is 1. The largest absolute Gasteiger partial charge is 0.471 e. The topological polar surface area (TPSA) is 110 Å². The summed E-state index contributed by atoms with van der Waals surface area (Å²) in [6.07, 6.45) is 11.0. The summed E-state index contributed by atoms with van der Waals surface area (Å²) in [5.41, 5.74) is 0. The molecule has 0 aromatic heterocycles. The van der Waals surface area contributed by atoms with E-state index in [0.29, 0.717) is 31.1 Å². The van der Waals surface area contributed by atoms with Gasteiger partial charge in [0.25, 0.3) is 11.8 Å². The van der Waals surface area contributed by atoms with Gasteiger partial charge < -0.3 is 4.89 Å². The van der Waals surface area contributed by atoms with E-state index in [1.807, 2.05) is 0 Å². The van der Waals surface area contributed by atoms with E-state index in [1.165, 1.54) is 17.1 Å². The van der Waals surface area contributed by atoms with Crippen LogP contribution in [0.15, 0.2) is 12.2 Å². The molecule has 0 aromatic rings. The first-order valence-electron chi connectivity index (χ1n) is 10.4. The second-order valence-corrected chi connectivity index (χ2v) is 9.37. The lowest BCUT2D eigenvalue weighted by molar-refractivity contribution is -0.138. The summed E-state index contributed by atoms with van der Waals surface area (Å²) in [5.74, 6) is 0.257. The van der Waals surface area contributed by atoms with Crippen LogP contribution in [0.5, 0.6) is 0 Å². The van der Waals surface area contributed by atoms with Crippen molar-refractivity contribution in [2.75, 3.05) is 20.3 Å². The van der Waals surface area contributed by atoms with Crippen molar-refractivity contribution in [3.63, 3.8) is 0 Å². The molecule has 0 radical (unpaired) electrons. The van der Waals surface area contributed by atoms with E-state index < -0.39 is 7.82 Å². The van der Waals surface area contributed by atoms with E-state index in [-0.39, 0.29) is 24.3 Å². The van der Waals surface area contributed by atoms with E-state index >= 15 is 0 Å². The van der Waals surface area contributed by atoms with Gasteiger partial charge in [-0.2, -0.15) is 0 Å². The van der Waals surface area contributed by atoms with Crippen LogP contribution in [0.4, 0.5) is 0 Å². The summed E-state index contributed by atoms with van der Waals surface area (Å²) in [7, 11) is -2.73. The lowest BCUT2D eigenvalue weighted by Crippen LogP contribution is -2.36. The molecule has 1 saturated carbocycles. The molecule has 0 spiro atoms. The number of amides is 2. The molecule has 29 heavy (non-hydrogen) atoms. The number of imide groups is 1. The highest BCUT2D eigenvalue weighted by Gasteiger charge is 2.30. The third-order valence-corrected chi connectivity index (χ3v) is 6.67. The average molecular weight is 429 g/mol. The maximum Gasteiger partial charge on any atom is 0.471 e. The highest BCUT2D eigenvalue weighted by atomic mass is 31.2. The molecule has 2 amide bonds. The van der Waals surface area contributed by atoms with Gasteiger partial charge in [0.05, 0.1) is 6.61 Å². The maximum atomic E-state index is 12.4. The average Bonchev–Trinajstić information content (AvgIpc) is 3.02. The zero-order chi connectivity index (χ0) is 21.3. The van der Waals surface area contributed by atoms with Crippen LogP contribution in [0, 0.1) is 11.8 Å². The first-order valence-corrected chi connectivity index (χ1v) is 11.9. The third-order valence-electron chi connectivity index (χ3n) is 5.70. The molecule has 8 nitrogen and oxygen atoms in total. The Kier molecular flexibility index (Phi) is 9.69. The molecule has 0 aromatic carbocycles. The van der Waals surface area contributed by atoms with Gasteiger partial charge in [-0.1, -0.05) is 19.3 Å². The molecule has 1 N–H and O–H groups in total. The number of rotatable bonds is 13. The predicted molar refractivity (Wildman–Crippen MR) is 107 cm³/mol. The number of hydrogen-bond donors (Lipinski definition) is 1. The van der Waals surface area contributed by atoms with Gasteiger partial charge in [0, 0.05) is 38.1 Å². The number of ketones is 1. The molecule has 1 fully saturated rings. The molecule has 0 bridgehead atoms. The minimum absolute atomic E-state index is 0.107. The highest BCUT2D eigenvalue weighted by Crippen LogP contribution is 2.42. The summed E-state index contributed by atoms with van der Waals surface area (Å²) in [6, 6.07) is 0. The number of phosphoric acid groups is 1. The van der Waals surface area contributed by atoms with Crippen LogP contribution in [0.25, 0.3) is 0 Å². The summed E-state index contributed by atoms with van der Waals surface area (Å²) in [6.45, 7) is 0.653. The molecule has 1 atom stereocenters. The monoisotopic (exact) mass is 429 g/mol. The van der Waals surface area contributed by atoms with Crippen LogP contribution >= 0.6 is 7.82 Å². The molecular formula is C20H32NO7P. The van der Waals surface area contributed by atoms with Crippen molar-refractivity contribution in [1.82, 2.24) is 4.90 Å². The fourth-order valence-corrected chi connectivity index (χ4v) is 4.37. The quantitative estimate of drug-likeness (QED) is 0.271. The molecule has 0 saturated heterocycles. The Balaban J connectivity index is 1.51. The lowest BCUT2D eigenvalue weighted by Gasteiger charge is -2.30. The minimum Gasteiger partial charge on any atom is -0.303 e. The van der Waals surface area contributed by atoms with E-state index in [4.69, 9.17) is 9.42 Å². The van der Waals surface area contributed by atoms with Crippen LogP contribution in [0.1, 0.15) is 64.2 Å². The number of carbonyl (C=O) groups excluding carboxylic acids is 3. The Labute approximate surface area is 172 Å². The molecule has 1 aliphatic heterocycles. The summed E-state index contributed by atoms with van der Waals surface area (Å²) in [5, 5.41) is 0. The molecule has 2 rings (SSSR count). The van der Waals surface area contributed by atoms with Gasteiger partial charge in [0.2, 0.25) is 0 Å². The molecule has 2 aliphatic rings. The van der Waals surface area contributed by atoms with Crippen molar-refractivity contribution in [2.24, 2.45) is 11.8 Å². The van der Waals surface area contributed by atoms with Crippen molar-refractivity contribution in [3.8, 4) is 0 Å². The van der Waals surface area contributed by atoms with E-state index in [2.05, 4.69) is 4.52 Å². The van der Waals surface area contributed by atoms with Gasteiger partial charge in [-0.3, -0.25) is 28.3 Å². The molecular weight excluding hydrogens is 397 g/mol. The molecule has 1 unspecified atom stereocenters. The Morgan fingerprint density at radius 2 is 1.66 bits per heavy atom. The van der Waals surface area contributed by atoms with E-state index in [9.17, 15) is 18.9 Å². The Morgan fingerprint density at radius 3 is 2.28 bits per heavy atom. The molecule has 164 valence electrons. The van der Waals surface area contributed by atoms with Gasteiger partial charge in [-0.25, -0.2) is 4.57 Å². The first kappa shape index (κ1) is 23.9. The van der Waals surface area contributed by atoms with Gasteiger partial charge in [0.15, 0.2) is 0 Å². The van der Waals surface area contributed by atoms with Gasteiger partial charge in [-0.05, 0) is 44.4 Å². The number of hydrogen-bond acceptors (Lipinski definition) is 6. The fourth-order valence-electron chi connectivity index (χ4n) is 3.90. The third kappa shape index (κ3) is 8.13. The van der Waals surface area contributed by atoms with E-state index in [0.717, 1.165) is 58.5 Å². The summed E-state index contributed by atoms with van der Waals surface area (Å²) >= 11 is 0. The predicted octanol–water partition coefficient (Wildman–Crippen LogP) is 3.39. The number of nitrogens with zero attached hydrogens (tertiary/aromatic N) is 1. The Bertz CT molecular complexity index is 637. The zero-order valence-corrected chi connectivity index (χ0v) is 18.0. The first-order chi connectivity index (χ1) is 13.8. The zero-order valence-electron chi connectivity index (χ0n) is 17.1. The van der Waals surface area contributed by atoms with Crippen molar-refractivity contribution in [1.29, 1.82) is 0 Å². The molecule has 9 heteroatoms. The maximum absolute atomic E-state index is 12.4. The minimum atomic E-state index is -3.87. The van der Waals surface area contributed by atoms with Crippen molar-refractivity contribution >= 4 is 25.4 Å². The second kappa shape index (κ2) is 11.7. The number of carbonyl (C=O) groups is 3. The SMILES string of the molecule is COP(=O)(O)OCCCCCCCC(=O)C1CCC(CN2C(=O)C=CC2=O)CC1. The lowest BCUT2D eigenvalue weighted by atomic mass is 9.79. The Morgan fingerprint density at radius 1 is 1.07 bits per heavy atom. The number of Topliss-reactive ketones (excluding diaryl/α,β-unsaturated/α-hetero) is 1. The van der Waals surface area contributed by atoms with E-state index in [1.54, 1.807) is 0 Å². The van der Waals surface area contributed by atoms with Crippen molar-refractivity contribution in [3.05, 3.63) is 12.2 Å². The van der Waals surface area contributed by atoms with Crippen LogP contribution in [-0.2, 0) is 28.0 Å². The van der Waals surface area contributed by atoms with Crippen LogP contribution in [0.3, 0.4) is 0 Å². The Hall–Kier alpha value is -1.34. The van der Waals surface area contributed by atoms with Gasteiger partial charge >= 0.3 is 7.82 Å². The van der Waals surface area contributed by atoms with Crippen LogP contribution in [-0.4, -0.2) is 47.7 Å². The summed E-state index contributed by atoms with van der Waals surface area (Å²) in [4.78, 5) is 46.1. The summed E-state index contributed by atoms with van der Waals surface area (Å²) < 4.78 is 20.2. The van der Waals surface area contributed by atoms with Crippen LogP contribution in [0.2, 0.25) is 0 Å². The second-order valence-electron chi connectivity index (χ2n) is 7.81. The normalized spacial score (nSPS) is 24.1. The highest BCUT2D eigenvalue weighted by molar-refractivity contribution is 7.47. The molecule has 1 heterocycles. The van der Waals surface area contributed by atoms with Crippen molar-refractivity contribution < 1.29 is 32.9 Å². The van der Waals surface area contributed by atoms with Gasteiger partial charge in [-0.15, -0.1) is 0 Å². The standard InChI is InChI=1S/C20H32NO7P/c1-27-29(25,26)28-14-6-4-2-3-5-7-18(22)17-10-8-16(9-11-17)15-21-19(23)12-13-20(21)24/h12-13,16-17H,2-11,14-15H2,1H3,(H,25,26). The van der Waals surface area contributed by atoms with Crippen LogP contribution < -0.4 is 0 Å². The van der Waals surface area contributed by atoms with Crippen molar-refractivity contribution in [2.45, 2.75) is 64.2 Å². The number of unbranched alkanes of at least 4 members (excludes halogenated alkanes) is 4. The smallest absolute Gasteiger partial charge is 0.303 e. The van der Waals surface area contributed by atoms with Gasteiger partial charge in [0.1, 0.15) is 5.78 Å².